The second-order valence-corrected chi connectivity index (χ2v) is 9.08. The van der Waals surface area contributed by atoms with Crippen LogP contribution in [-0.2, 0) is 16.1 Å². The Balaban J connectivity index is 1.72. The third-order valence-corrected chi connectivity index (χ3v) is 5.73. The molecule has 0 aromatic heterocycles. The lowest BCUT2D eigenvalue weighted by Crippen LogP contribution is -2.43. The van der Waals surface area contributed by atoms with Gasteiger partial charge in [-0.25, -0.2) is 4.79 Å². The van der Waals surface area contributed by atoms with Gasteiger partial charge in [0.05, 0.1) is 13.2 Å². The third-order valence-electron chi connectivity index (χ3n) is 5.37. The zero-order valence-corrected chi connectivity index (χ0v) is 18.0. The number of hydrogen-bond acceptors (Lipinski definition) is 4. The quantitative estimate of drug-likeness (QED) is 0.707. The molecule has 1 aromatic rings. The van der Waals surface area contributed by atoms with Crippen molar-refractivity contribution in [2.45, 2.75) is 33.2 Å². The molecule has 0 radical (unpaired) electrons. The highest BCUT2D eigenvalue weighted by molar-refractivity contribution is 6.31. The van der Waals surface area contributed by atoms with E-state index in [-0.39, 0.29) is 23.3 Å². The fourth-order valence-electron chi connectivity index (χ4n) is 3.33. The van der Waals surface area contributed by atoms with Crippen molar-refractivity contribution in [1.29, 1.82) is 0 Å². The standard InChI is InChI=1S/C21H31ClN4O3/c1-21(2,13-23)14-26(19(27)15-3-4-15)12-16-11-17(5-6-18(16)22)24-20(28)25-7-9-29-10-8-25/h5-6,11,15H,3-4,7-10,12-14,23H2,1-2H3,(H,24,28). The smallest absolute Gasteiger partial charge is 0.321 e. The summed E-state index contributed by atoms with van der Waals surface area (Å²) in [4.78, 5) is 28.9. The summed E-state index contributed by atoms with van der Waals surface area (Å²) in [5, 5.41) is 3.50. The molecule has 0 spiro atoms. The van der Waals surface area contributed by atoms with Gasteiger partial charge in [-0.05, 0) is 48.6 Å². The van der Waals surface area contributed by atoms with Crippen LogP contribution >= 0.6 is 11.6 Å². The van der Waals surface area contributed by atoms with E-state index in [0.29, 0.717) is 56.6 Å². The van der Waals surface area contributed by atoms with E-state index in [4.69, 9.17) is 22.1 Å². The maximum atomic E-state index is 12.8. The first-order valence-corrected chi connectivity index (χ1v) is 10.6. The van der Waals surface area contributed by atoms with Crippen molar-refractivity contribution in [2.24, 2.45) is 17.1 Å². The molecule has 3 N–H and O–H groups in total. The van der Waals surface area contributed by atoms with Crippen LogP contribution in [-0.4, -0.2) is 61.1 Å². The number of morpholine rings is 1. The monoisotopic (exact) mass is 422 g/mol. The Hall–Kier alpha value is -1.83. The average molecular weight is 423 g/mol. The molecule has 3 amide bonds. The van der Waals surface area contributed by atoms with Gasteiger partial charge in [-0.3, -0.25) is 4.79 Å². The van der Waals surface area contributed by atoms with Crippen LogP contribution in [0.3, 0.4) is 0 Å². The Kier molecular flexibility index (Phi) is 7.03. The predicted molar refractivity (Wildman–Crippen MR) is 114 cm³/mol. The SMILES string of the molecule is CC(C)(CN)CN(Cc1cc(NC(=O)N2CCOCC2)ccc1Cl)C(=O)C1CC1. The number of hydrogen-bond donors (Lipinski definition) is 2. The highest BCUT2D eigenvalue weighted by atomic mass is 35.5. The molecule has 1 saturated carbocycles. The van der Waals surface area contributed by atoms with Crippen molar-refractivity contribution in [2.75, 3.05) is 44.7 Å². The number of anilines is 1. The average Bonchev–Trinajstić information content (AvgIpc) is 3.55. The number of nitrogens with one attached hydrogen (secondary N) is 1. The molecule has 2 fully saturated rings. The molecule has 7 nitrogen and oxygen atoms in total. The molecule has 1 saturated heterocycles. The third kappa shape index (κ3) is 6.07. The Morgan fingerprint density at radius 3 is 2.62 bits per heavy atom. The molecule has 160 valence electrons. The molecule has 0 atom stereocenters. The minimum atomic E-state index is -0.181. The number of carbonyl (C=O) groups is 2. The zero-order chi connectivity index (χ0) is 21.0. The first-order valence-electron chi connectivity index (χ1n) is 10.2. The van der Waals surface area contributed by atoms with Gasteiger partial charge in [0, 0.05) is 42.8 Å². The number of nitrogens with two attached hydrogens (primary N) is 1. The van der Waals surface area contributed by atoms with Crippen LogP contribution in [0.5, 0.6) is 0 Å². The van der Waals surface area contributed by atoms with Gasteiger partial charge in [0.25, 0.3) is 0 Å². The second-order valence-electron chi connectivity index (χ2n) is 8.67. The maximum absolute atomic E-state index is 12.8. The molecular weight excluding hydrogens is 392 g/mol. The van der Waals surface area contributed by atoms with Crippen LogP contribution in [0.2, 0.25) is 5.02 Å². The van der Waals surface area contributed by atoms with Crippen LogP contribution in [0.25, 0.3) is 0 Å². The molecule has 1 aliphatic carbocycles. The summed E-state index contributed by atoms with van der Waals surface area (Å²) in [6, 6.07) is 5.24. The Morgan fingerprint density at radius 2 is 2.00 bits per heavy atom. The summed E-state index contributed by atoms with van der Waals surface area (Å²) >= 11 is 6.43. The van der Waals surface area contributed by atoms with E-state index in [9.17, 15) is 9.59 Å². The summed E-state index contributed by atoms with van der Waals surface area (Å²) in [7, 11) is 0. The normalized spacial score (nSPS) is 17.2. The van der Waals surface area contributed by atoms with E-state index < -0.39 is 0 Å². The highest BCUT2D eigenvalue weighted by Crippen LogP contribution is 2.33. The number of nitrogens with zero attached hydrogens (tertiary/aromatic N) is 2. The van der Waals surface area contributed by atoms with Crippen LogP contribution in [0.4, 0.5) is 10.5 Å². The number of carbonyl (C=O) groups excluding carboxylic acids is 2. The number of urea groups is 1. The van der Waals surface area contributed by atoms with Crippen molar-refractivity contribution < 1.29 is 14.3 Å². The zero-order valence-electron chi connectivity index (χ0n) is 17.2. The van der Waals surface area contributed by atoms with Gasteiger partial charge in [-0.15, -0.1) is 0 Å². The molecule has 29 heavy (non-hydrogen) atoms. The largest absolute Gasteiger partial charge is 0.378 e. The molecule has 8 heteroatoms. The Bertz CT molecular complexity index is 745. The van der Waals surface area contributed by atoms with Gasteiger partial charge in [-0.2, -0.15) is 0 Å². The van der Waals surface area contributed by atoms with Crippen molar-refractivity contribution in [3.8, 4) is 0 Å². The number of benzene rings is 1. The first kappa shape index (κ1) is 21.9. The lowest BCUT2D eigenvalue weighted by Gasteiger charge is -2.32. The van der Waals surface area contributed by atoms with Crippen LogP contribution < -0.4 is 11.1 Å². The molecule has 1 heterocycles. The second kappa shape index (κ2) is 9.32. The minimum absolute atomic E-state index is 0.117. The van der Waals surface area contributed by atoms with Crippen molar-refractivity contribution in [3.63, 3.8) is 0 Å². The molecule has 2 aliphatic rings. The molecule has 1 aliphatic heterocycles. The van der Waals surface area contributed by atoms with Crippen molar-refractivity contribution in [1.82, 2.24) is 9.80 Å². The lowest BCUT2D eigenvalue weighted by molar-refractivity contribution is -0.134. The first-order chi connectivity index (χ1) is 13.8. The van der Waals surface area contributed by atoms with Crippen molar-refractivity contribution >= 4 is 29.2 Å². The predicted octanol–water partition coefficient (Wildman–Crippen LogP) is 2.93. The van der Waals surface area contributed by atoms with E-state index in [2.05, 4.69) is 19.2 Å². The number of rotatable bonds is 7. The van der Waals surface area contributed by atoms with Gasteiger partial charge in [0.15, 0.2) is 0 Å². The van der Waals surface area contributed by atoms with E-state index >= 15 is 0 Å². The molecule has 0 bridgehead atoms. The van der Waals surface area contributed by atoms with Crippen LogP contribution in [0.1, 0.15) is 32.3 Å². The van der Waals surface area contributed by atoms with Crippen molar-refractivity contribution in [3.05, 3.63) is 28.8 Å². The summed E-state index contributed by atoms with van der Waals surface area (Å²) in [6.07, 6.45) is 1.89. The summed E-state index contributed by atoms with van der Waals surface area (Å²) in [6.45, 7) is 7.82. The molecule has 1 aromatic carbocycles. The topological polar surface area (TPSA) is 87.9 Å². The highest BCUT2D eigenvalue weighted by Gasteiger charge is 2.35. The minimum Gasteiger partial charge on any atom is -0.378 e. The van der Waals surface area contributed by atoms with E-state index in [1.807, 2.05) is 11.0 Å². The Morgan fingerprint density at radius 1 is 1.31 bits per heavy atom. The van der Waals surface area contributed by atoms with Gasteiger partial charge >= 0.3 is 6.03 Å². The fraction of sp³-hybridized carbons (Fsp3) is 0.619. The van der Waals surface area contributed by atoms with E-state index in [1.54, 1.807) is 17.0 Å². The van der Waals surface area contributed by atoms with E-state index in [1.165, 1.54) is 0 Å². The maximum Gasteiger partial charge on any atom is 0.321 e. The number of ether oxygens (including phenoxy) is 1. The summed E-state index contributed by atoms with van der Waals surface area (Å²) in [5.74, 6) is 0.275. The summed E-state index contributed by atoms with van der Waals surface area (Å²) < 4.78 is 5.29. The molecule has 3 rings (SSSR count). The molecular formula is C21H31ClN4O3. The van der Waals surface area contributed by atoms with Crippen LogP contribution in [0, 0.1) is 11.3 Å². The number of amides is 3. The van der Waals surface area contributed by atoms with Gasteiger partial charge in [-0.1, -0.05) is 25.4 Å². The summed E-state index contributed by atoms with van der Waals surface area (Å²) in [5.41, 5.74) is 7.19. The van der Waals surface area contributed by atoms with Crippen LogP contribution in [0.15, 0.2) is 18.2 Å². The number of halogens is 1. The van der Waals surface area contributed by atoms with Gasteiger partial charge < -0.3 is 25.6 Å². The van der Waals surface area contributed by atoms with Gasteiger partial charge in [0.1, 0.15) is 0 Å². The molecule has 0 unspecified atom stereocenters. The fourth-order valence-corrected chi connectivity index (χ4v) is 3.51. The Labute approximate surface area is 177 Å². The van der Waals surface area contributed by atoms with Gasteiger partial charge in [0.2, 0.25) is 5.91 Å². The van der Waals surface area contributed by atoms with E-state index in [0.717, 1.165) is 18.4 Å². The lowest BCUT2D eigenvalue weighted by atomic mass is 9.92.